The summed E-state index contributed by atoms with van der Waals surface area (Å²) in [7, 11) is 0. The van der Waals surface area contributed by atoms with Crippen LogP contribution < -0.4 is 0 Å². The molecule has 0 heterocycles. The van der Waals surface area contributed by atoms with Crippen molar-refractivity contribution in [2.24, 2.45) is 0 Å². The van der Waals surface area contributed by atoms with E-state index in [4.69, 9.17) is 0 Å². The van der Waals surface area contributed by atoms with Crippen molar-refractivity contribution in [1.29, 1.82) is 0 Å². The molecule has 0 aliphatic heterocycles. The molecule has 0 saturated heterocycles. The molecule has 0 bridgehead atoms. The van der Waals surface area contributed by atoms with Crippen molar-refractivity contribution < 1.29 is 20.3 Å². The van der Waals surface area contributed by atoms with Gasteiger partial charge >= 0.3 is 181 Å². The molecule has 0 atom stereocenters. The molecule has 3 aromatic rings. The fourth-order valence-electron chi connectivity index (χ4n) is 5.13. The Morgan fingerprint density at radius 2 is 0.966 bits per heavy atom. The van der Waals surface area contributed by atoms with Crippen LogP contribution in [-0.4, -0.2) is 0 Å². The van der Waals surface area contributed by atoms with E-state index in [2.05, 4.69) is 111 Å². The van der Waals surface area contributed by atoms with E-state index in [1.54, 1.807) is 14.4 Å². The van der Waals surface area contributed by atoms with Crippen LogP contribution in [0.2, 0.25) is 0 Å². The molecule has 4 rings (SSSR count). The van der Waals surface area contributed by atoms with Gasteiger partial charge in [0.1, 0.15) is 0 Å². The van der Waals surface area contributed by atoms with Crippen molar-refractivity contribution in [2.45, 2.75) is 32.7 Å². The van der Waals surface area contributed by atoms with Crippen LogP contribution in [0.25, 0.3) is 0 Å². The molecule has 1 heteroatoms. The summed E-state index contributed by atoms with van der Waals surface area (Å²) in [6, 6.07) is 33.7. The van der Waals surface area contributed by atoms with E-state index in [9.17, 15) is 0 Å². The van der Waals surface area contributed by atoms with Crippen LogP contribution in [0.1, 0.15) is 37.0 Å². The first-order valence-electron chi connectivity index (χ1n) is 10.7. The van der Waals surface area contributed by atoms with Crippen LogP contribution in [-0.2, 0) is 32.7 Å². The van der Waals surface area contributed by atoms with Crippen LogP contribution in [0, 0.1) is 0 Å². The third-order valence-corrected chi connectivity index (χ3v) is 18.8. The summed E-state index contributed by atoms with van der Waals surface area (Å²) in [6.07, 6.45) is 3.61. The van der Waals surface area contributed by atoms with Gasteiger partial charge in [-0.1, -0.05) is 0 Å². The maximum atomic E-state index is 2.47. The minimum absolute atomic E-state index is 1.14. The molecule has 0 aromatic heterocycles. The van der Waals surface area contributed by atoms with Crippen molar-refractivity contribution in [3.63, 3.8) is 0 Å². The van der Waals surface area contributed by atoms with Crippen molar-refractivity contribution in [3.8, 4) is 0 Å². The summed E-state index contributed by atoms with van der Waals surface area (Å²) in [4.78, 5) is 0. The molecule has 0 amide bonds. The Labute approximate surface area is 180 Å². The Morgan fingerprint density at radius 1 is 0.586 bits per heavy atom. The standard InChI is InChI=1S/C7H9.3C7H7.Zr/c1-6-3-4-7(2)5-6;3*1-7-5-3-2-4-6-7;/h3H,4H2,1-2H3;3*2-6H,1H2;. The van der Waals surface area contributed by atoms with Crippen molar-refractivity contribution >= 4 is 0 Å². The van der Waals surface area contributed by atoms with E-state index in [1.807, 2.05) is 0 Å². The number of rotatable bonds is 7. The molecule has 0 spiro atoms. The van der Waals surface area contributed by atoms with E-state index in [-0.39, 0.29) is 0 Å². The van der Waals surface area contributed by atoms with Crippen LogP contribution >= 0.6 is 0 Å². The molecular formula is C28H30Zr. The quantitative estimate of drug-likeness (QED) is 0.347. The average Bonchev–Trinajstić information content (AvgIpc) is 3.09. The van der Waals surface area contributed by atoms with Crippen LogP contribution in [0.15, 0.2) is 111 Å². The molecule has 146 valence electrons. The van der Waals surface area contributed by atoms with Gasteiger partial charge in [0.15, 0.2) is 0 Å². The Morgan fingerprint density at radius 3 is 1.28 bits per heavy atom. The number of hydrogen-bond donors (Lipinski definition) is 0. The van der Waals surface area contributed by atoms with Crippen LogP contribution in [0.5, 0.6) is 0 Å². The average molecular weight is 458 g/mol. The molecule has 1 aliphatic rings. The Bertz CT molecular complexity index is 897. The first-order valence-corrected chi connectivity index (χ1v) is 17.1. The topological polar surface area (TPSA) is 0 Å². The molecule has 0 radical (unpaired) electrons. The predicted octanol–water partition coefficient (Wildman–Crippen LogP) is 7.36. The molecule has 0 nitrogen and oxygen atoms in total. The fourth-order valence-corrected chi connectivity index (χ4v) is 19.6. The van der Waals surface area contributed by atoms with Gasteiger partial charge in [-0.15, -0.1) is 0 Å². The summed E-state index contributed by atoms with van der Waals surface area (Å²) < 4.78 is 5.57. The van der Waals surface area contributed by atoms with Crippen LogP contribution in [0.4, 0.5) is 0 Å². The minimum atomic E-state index is -2.90. The Hall–Kier alpha value is -1.98. The predicted molar refractivity (Wildman–Crippen MR) is 122 cm³/mol. The van der Waals surface area contributed by atoms with Crippen molar-refractivity contribution in [1.82, 2.24) is 0 Å². The maximum absolute atomic E-state index is 2.90. The molecular weight excluding hydrogens is 428 g/mol. The van der Waals surface area contributed by atoms with Crippen molar-refractivity contribution in [2.75, 3.05) is 0 Å². The van der Waals surface area contributed by atoms with Gasteiger partial charge in [-0.3, -0.25) is 0 Å². The number of hydrogen-bond acceptors (Lipinski definition) is 0. The number of allylic oxidation sites excluding steroid dienone is 4. The van der Waals surface area contributed by atoms with E-state index < -0.39 is 20.3 Å². The zero-order valence-corrected chi connectivity index (χ0v) is 20.0. The van der Waals surface area contributed by atoms with Gasteiger partial charge in [0.2, 0.25) is 0 Å². The first kappa shape index (κ1) is 20.3. The van der Waals surface area contributed by atoms with Gasteiger partial charge in [-0.05, 0) is 0 Å². The van der Waals surface area contributed by atoms with Gasteiger partial charge in [0, 0.05) is 0 Å². The van der Waals surface area contributed by atoms with Gasteiger partial charge < -0.3 is 0 Å². The molecule has 0 N–H and O–H groups in total. The monoisotopic (exact) mass is 456 g/mol. The van der Waals surface area contributed by atoms with E-state index >= 15 is 0 Å². The molecule has 29 heavy (non-hydrogen) atoms. The van der Waals surface area contributed by atoms with Gasteiger partial charge in [0.25, 0.3) is 0 Å². The second kappa shape index (κ2) is 9.23. The second-order valence-corrected chi connectivity index (χ2v) is 18.6. The number of benzene rings is 3. The molecule has 3 aromatic carbocycles. The summed E-state index contributed by atoms with van der Waals surface area (Å²) in [6.45, 7) is 4.74. The van der Waals surface area contributed by atoms with Gasteiger partial charge in [-0.25, -0.2) is 0 Å². The Balaban J connectivity index is 1.85. The summed E-state index contributed by atoms with van der Waals surface area (Å²) in [5.74, 6) is 0. The fraction of sp³-hybridized carbons (Fsp3) is 0.214. The normalized spacial score (nSPS) is 14.2. The second-order valence-electron chi connectivity index (χ2n) is 8.51. The third kappa shape index (κ3) is 4.79. The molecule has 1 aliphatic carbocycles. The van der Waals surface area contributed by atoms with E-state index in [0.29, 0.717) is 0 Å². The van der Waals surface area contributed by atoms with E-state index in [1.165, 1.54) is 29.1 Å². The van der Waals surface area contributed by atoms with Crippen LogP contribution in [0.3, 0.4) is 0 Å². The third-order valence-electron chi connectivity index (χ3n) is 6.22. The van der Waals surface area contributed by atoms with Gasteiger partial charge in [0.05, 0.1) is 0 Å². The molecule has 0 fully saturated rings. The first-order chi connectivity index (χ1) is 14.2. The summed E-state index contributed by atoms with van der Waals surface area (Å²) in [5, 5.41) is 0. The summed E-state index contributed by atoms with van der Waals surface area (Å²) in [5.41, 5.74) is 7.71. The zero-order valence-electron chi connectivity index (χ0n) is 17.6. The van der Waals surface area contributed by atoms with E-state index in [0.717, 1.165) is 6.42 Å². The summed E-state index contributed by atoms with van der Waals surface area (Å²) >= 11 is -2.90. The van der Waals surface area contributed by atoms with Crippen molar-refractivity contribution in [3.05, 3.63) is 128 Å². The SMILES string of the molecule is CC1=CCC(C)=[C]1[Zr]([CH2]c1ccccc1)([CH2]c1ccccc1)[CH2]c1ccccc1. The van der Waals surface area contributed by atoms with Gasteiger partial charge in [-0.2, -0.15) is 0 Å². The molecule has 0 unspecified atom stereocenters. The molecule has 0 saturated carbocycles. The zero-order chi connectivity index (χ0) is 20.1. The Kier molecular flexibility index (Phi) is 6.46.